The Labute approximate surface area is 116 Å². The number of hydrogen-bond acceptors (Lipinski definition) is 3. The second kappa shape index (κ2) is 8.05. The zero-order chi connectivity index (χ0) is 13.5. The van der Waals surface area contributed by atoms with Crippen molar-refractivity contribution in [3.05, 3.63) is 0 Å². The van der Waals surface area contributed by atoms with Crippen LogP contribution in [0.3, 0.4) is 0 Å². The number of thioether (sulfide) groups is 1. The normalized spacial score (nSPS) is 24.6. The molecule has 1 amide bonds. The zero-order valence-corrected chi connectivity index (χ0v) is 13.1. The first-order chi connectivity index (χ1) is 8.52. The molecule has 18 heavy (non-hydrogen) atoms. The third kappa shape index (κ3) is 5.61. The van der Waals surface area contributed by atoms with Crippen molar-refractivity contribution in [3.8, 4) is 0 Å². The van der Waals surface area contributed by atoms with Crippen molar-refractivity contribution in [2.45, 2.75) is 63.8 Å². The molecule has 1 fully saturated rings. The molecule has 2 unspecified atom stereocenters. The topological polar surface area (TPSA) is 32.3 Å². The number of amides is 1. The zero-order valence-electron chi connectivity index (χ0n) is 12.2. The summed E-state index contributed by atoms with van der Waals surface area (Å²) in [5.41, 5.74) is 0. The summed E-state index contributed by atoms with van der Waals surface area (Å²) in [4.78, 5) is 14.0. The van der Waals surface area contributed by atoms with Crippen LogP contribution in [0.4, 0.5) is 0 Å². The Balaban J connectivity index is 2.30. The van der Waals surface area contributed by atoms with Gasteiger partial charge in [0.1, 0.15) is 0 Å². The van der Waals surface area contributed by atoms with Gasteiger partial charge in [0.25, 0.3) is 0 Å². The molecular weight excluding hydrogens is 244 g/mol. The summed E-state index contributed by atoms with van der Waals surface area (Å²) in [6, 6.07) is 0.821. The van der Waals surface area contributed by atoms with Crippen molar-refractivity contribution in [3.63, 3.8) is 0 Å². The molecule has 1 saturated carbocycles. The van der Waals surface area contributed by atoms with Crippen molar-refractivity contribution in [1.82, 2.24) is 10.2 Å². The van der Waals surface area contributed by atoms with Crippen LogP contribution >= 0.6 is 11.8 Å². The highest BCUT2D eigenvalue weighted by Gasteiger charge is 2.23. The van der Waals surface area contributed by atoms with Crippen LogP contribution in [0.15, 0.2) is 0 Å². The van der Waals surface area contributed by atoms with Crippen LogP contribution < -0.4 is 5.32 Å². The maximum absolute atomic E-state index is 11.9. The number of nitrogens with one attached hydrogen (secondary N) is 1. The van der Waals surface area contributed by atoms with Gasteiger partial charge in [-0.15, -0.1) is 0 Å². The van der Waals surface area contributed by atoms with Crippen LogP contribution in [0.2, 0.25) is 0 Å². The Morgan fingerprint density at radius 3 is 2.78 bits per heavy atom. The van der Waals surface area contributed by atoms with E-state index in [1.54, 1.807) is 0 Å². The van der Waals surface area contributed by atoms with Crippen LogP contribution in [-0.4, -0.2) is 47.5 Å². The van der Waals surface area contributed by atoms with Gasteiger partial charge in [-0.2, -0.15) is 11.8 Å². The van der Waals surface area contributed by atoms with Gasteiger partial charge >= 0.3 is 0 Å². The Morgan fingerprint density at radius 1 is 1.44 bits per heavy atom. The number of rotatable bonds is 6. The lowest BCUT2D eigenvalue weighted by molar-refractivity contribution is -0.123. The van der Waals surface area contributed by atoms with E-state index in [9.17, 15) is 4.79 Å². The van der Waals surface area contributed by atoms with E-state index in [2.05, 4.69) is 31.0 Å². The van der Waals surface area contributed by atoms with Gasteiger partial charge in [-0.1, -0.05) is 13.3 Å². The maximum atomic E-state index is 11.9. The van der Waals surface area contributed by atoms with Crippen molar-refractivity contribution in [2.75, 3.05) is 19.3 Å². The van der Waals surface area contributed by atoms with E-state index < -0.39 is 0 Å². The van der Waals surface area contributed by atoms with Gasteiger partial charge in [0.15, 0.2) is 0 Å². The number of carbonyl (C=O) groups is 1. The Bertz CT molecular complexity index is 256. The van der Waals surface area contributed by atoms with Crippen LogP contribution in [0.1, 0.15) is 46.5 Å². The lowest BCUT2D eigenvalue weighted by Gasteiger charge is -2.30. The van der Waals surface area contributed by atoms with Gasteiger partial charge in [-0.25, -0.2) is 0 Å². The Kier molecular flexibility index (Phi) is 7.08. The van der Waals surface area contributed by atoms with Crippen LogP contribution in [0.25, 0.3) is 0 Å². The number of likely N-dealkylation sites (N-methyl/N-ethyl adjacent to an activating group) is 1. The molecule has 1 aliphatic carbocycles. The van der Waals surface area contributed by atoms with E-state index in [1.165, 1.54) is 18.6 Å². The molecule has 0 bridgehead atoms. The van der Waals surface area contributed by atoms with E-state index in [0.717, 1.165) is 18.1 Å². The minimum absolute atomic E-state index is 0.179. The molecule has 0 heterocycles. The first-order valence-electron chi connectivity index (χ1n) is 7.14. The molecule has 0 radical (unpaired) electrons. The molecule has 0 aromatic heterocycles. The fourth-order valence-corrected chi connectivity index (χ4v) is 3.52. The minimum Gasteiger partial charge on any atom is -0.352 e. The molecule has 2 atom stereocenters. The van der Waals surface area contributed by atoms with Gasteiger partial charge in [0, 0.05) is 17.3 Å². The van der Waals surface area contributed by atoms with E-state index in [1.807, 2.05) is 18.8 Å². The van der Waals surface area contributed by atoms with Crippen LogP contribution in [0.5, 0.6) is 0 Å². The van der Waals surface area contributed by atoms with Crippen molar-refractivity contribution < 1.29 is 4.79 Å². The number of hydrogen-bond donors (Lipinski definition) is 1. The Morgan fingerprint density at radius 2 is 2.17 bits per heavy atom. The molecule has 1 rings (SSSR count). The summed E-state index contributed by atoms with van der Waals surface area (Å²) < 4.78 is 0. The summed E-state index contributed by atoms with van der Waals surface area (Å²) in [6.07, 6.45) is 4.87. The van der Waals surface area contributed by atoms with Gasteiger partial charge < -0.3 is 5.32 Å². The predicted molar refractivity (Wildman–Crippen MR) is 80.1 cm³/mol. The third-order valence-corrected chi connectivity index (χ3v) is 4.90. The minimum atomic E-state index is 0.179. The molecule has 3 nitrogen and oxygen atoms in total. The monoisotopic (exact) mass is 272 g/mol. The average Bonchev–Trinajstić information content (AvgIpc) is 2.29. The molecule has 0 aromatic carbocycles. The summed E-state index contributed by atoms with van der Waals surface area (Å²) in [7, 11) is 2.00. The quantitative estimate of drug-likeness (QED) is 0.806. The summed E-state index contributed by atoms with van der Waals surface area (Å²) in [5, 5.41) is 3.95. The molecule has 1 aliphatic rings. The van der Waals surface area contributed by atoms with Crippen molar-refractivity contribution >= 4 is 17.7 Å². The SMILES string of the molecule is CCSC1CCCC(NC(=O)CN(C)C(C)C)C1. The number of carbonyl (C=O) groups excluding carboxylic acids is 1. The lowest BCUT2D eigenvalue weighted by Crippen LogP contribution is -2.44. The second-order valence-corrected chi connectivity index (χ2v) is 7.09. The van der Waals surface area contributed by atoms with Gasteiger partial charge in [-0.05, 0) is 45.9 Å². The molecular formula is C14H28N2OS. The van der Waals surface area contributed by atoms with Crippen molar-refractivity contribution in [1.29, 1.82) is 0 Å². The molecule has 106 valence electrons. The molecule has 0 spiro atoms. The molecule has 0 saturated heterocycles. The highest BCUT2D eigenvalue weighted by molar-refractivity contribution is 7.99. The number of nitrogens with zero attached hydrogens (tertiary/aromatic N) is 1. The molecule has 0 aliphatic heterocycles. The standard InChI is InChI=1S/C14H28N2OS/c1-5-18-13-8-6-7-12(9-13)15-14(17)10-16(4)11(2)3/h11-13H,5-10H2,1-4H3,(H,15,17). The predicted octanol–water partition coefficient (Wildman–Crippen LogP) is 2.51. The van der Waals surface area contributed by atoms with Gasteiger partial charge in [0.05, 0.1) is 6.54 Å². The van der Waals surface area contributed by atoms with Gasteiger partial charge in [-0.3, -0.25) is 9.69 Å². The Hall–Kier alpha value is -0.220. The molecule has 0 aromatic rings. The fraction of sp³-hybridized carbons (Fsp3) is 0.929. The summed E-state index contributed by atoms with van der Waals surface area (Å²) in [6.45, 7) is 6.95. The smallest absolute Gasteiger partial charge is 0.234 e. The lowest BCUT2D eigenvalue weighted by atomic mass is 9.95. The summed E-state index contributed by atoms with van der Waals surface area (Å²) >= 11 is 2.04. The first-order valence-corrected chi connectivity index (χ1v) is 8.19. The molecule has 1 N–H and O–H groups in total. The third-order valence-electron chi connectivity index (χ3n) is 3.67. The van der Waals surface area contributed by atoms with Crippen LogP contribution in [0, 0.1) is 0 Å². The maximum Gasteiger partial charge on any atom is 0.234 e. The molecule has 4 heteroatoms. The van der Waals surface area contributed by atoms with Gasteiger partial charge in [0.2, 0.25) is 5.91 Å². The fourth-order valence-electron chi connectivity index (χ4n) is 2.35. The van der Waals surface area contributed by atoms with Crippen LogP contribution in [-0.2, 0) is 4.79 Å². The summed E-state index contributed by atoms with van der Waals surface area (Å²) in [5.74, 6) is 1.36. The average molecular weight is 272 g/mol. The highest BCUT2D eigenvalue weighted by atomic mass is 32.2. The van der Waals surface area contributed by atoms with Crippen molar-refractivity contribution in [2.24, 2.45) is 0 Å². The van der Waals surface area contributed by atoms with E-state index >= 15 is 0 Å². The highest BCUT2D eigenvalue weighted by Crippen LogP contribution is 2.28. The largest absolute Gasteiger partial charge is 0.352 e. The van der Waals surface area contributed by atoms with E-state index in [-0.39, 0.29) is 5.91 Å². The van der Waals surface area contributed by atoms with E-state index in [0.29, 0.717) is 18.6 Å². The van der Waals surface area contributed by atoms with E-state index in [4.69, 9.17) is 0 Å². The second-order valence-electron chi connectivity index (χ2n) is 5.52. The first kappa shape index (κ1) is 15.8.